The molecule has 114 valence electrons. The minimum Gasteiger partial charge on any atom is -0.381 e. The Morgan fingerprint density at radius 3 is 2.86 bits per heavy atom. The SMILES string of the molecule is CN(Cc1c(CN)sc2cccc(F)c12)C1CCOCC1. The first-order valence-corrected chi connectivity index (χ1v) is 8.19. The van der Waals surface area contributed by atoms with Gasteiger partial charge in [0.05, 0.1) is 0 Å². The molecule has 5 heteroatoms. The summed E-state index contributed by atoms with van der Waals surface area (Å²) in [5, 5.41) is 0.752. The van der Waals surface area contributed by atoms with E-state index in [0.717, 1.165) is 53.1 Å². The van der Waals surface area contributed by atoms with Gasteiger partial charge < -0.3 is 10.5 Å². The molecule has 1 saturated heterocycles. The Morgan fingerprint density at radius 1 is 1.38 bits per heavy atom. The molecule has 3 nitrogen and oxygen atoms in total. The van der Waals surface area contributed by atoms with Gasteiger partial charge in [0.1, 0.15) is 5.82 Å². The van der Waals surface area contributed by atoms with Crippen molar-refractivity contribution in [2.75, 3.05) is 20.3 Å². The summed E-state index contributed by atoms with van der Waals surface area (Å²) in [4.78, 5) is 3.41. The van der Waals surface area contributed by atoms with Crippen molar-refractivity contribution < 1.29 is 9.13 Å². The van der Waals surface area contributed by atoms with Crippen LogP contribution < -0.4 is 5.73 Å². The van der Waals surface area contributed by atoms with Crippen molar-refractivity contribution in [3.63, 3.8) is 0 Å². The Bertz CT molecular complexity index is 622. The summed E-state index contributed by atoms with van der Waals surface area (Å²) < 4.78 is 20.6. The summed E-state index contributed by atoms with van der Waals surface area (Å²) in [6.07, 6.45) is 2.08. The molecule has 0 radical (unpaired) electrons. The van der Waals surface area contributed by atoms with Crippen molar-refractivity contribution in [3.05, 3.63) is 34.5 Å². The van der Waals surface area contributed by atoms with E-state index in [-0.39, 0.29) is 5.82 Å². The van der Waals surface area contributed by atoms with E-state index in [2.05, 4.69) is 11.9 Å². The largest absolute Gasteiger partial charge is 0.381 e. The van der Waals surface area contributed by atoms with Gasteiger partial charge >= 0.3 is 0 Å². The van der Waals surface area contributed by atoms with Gasteiger partial charge in [-0.3, -0.25) is 4.90 Å². The first-order valence-electron chi connectivity index (χ1n) is 7.37. The zero-order valence-electron chi connectivity index (χ0n) is 12.3. The summed E-state index contributed by atoms with van der Waals surface area (Å²) in [5.74, 6) is -0.140. The van der Waals surface area contributed by atoms with Crippen molar-refractivity contribution in [1.29, 1.82) is 0 Å². The van der Waals surface area contributed by atoms with E-state index in [9.17, 15) is 4.39 Å². The molecule has 0 aliphatic carbocycles. The van der Waals surface area contributed by atoms with Crippen molar-refractivity contribution in [2.45, 2.75) is 32.0 Å². The molecule has 1 fully saturated rings. The smallest absolute Gasteiger partial charge is 0.132 e. The van der Waals surface area contributed by atoms with Gasteiger partial charge in [0.15, 0.2) is 0 Å². The number of halogens is 1. The highest BCUT2D eigenvalue weighted by Crippen LogP contribution is 2.34. The molecular formula is C16H21FN2OS. The summed E-state index contributed by atoms with van der Waals surface area (Å²) in [7, 11) is 2.11. The number of nitrogens with zero attached hydrogens (tertiary/aromatic N) is 1. The Hall–Kier alpha value is -1.01. The standard InChI is InChI=1S/C16H21FN2OS/c1-19(11-5-7-20-8-6-11)10-12-15(9-18)21-14-4-2-3-13(17)16(12)14/h2-4,11H,5-10,18H2,1H3. The third kappa shape index (κ3) is 2.97. The van der Waals surface area contributed by atoms with Crippen LogP contribution in [-0.2, 0) is 17.8 Å². The van der Waals surface area contributed by atoms with E-state index in [1.54, 1.807) is 17.4 Å². The summed E-state index contributed by atoms with van der Waals surface area (Å²) >= 11 is 1.61. The van der Waals surface area contributed by atoms with E-state index in [0.29, 0.717) is 12.6 Å². The third-order valence-electron chi connectivity index (χ3n) is 4.25. The molecule has 0 saturated carbocycles. The van der Waals surface area contributed by atoms with E-state index in [1.165, 1.54) is 6.07 Å². The molecule has 0 spiro atoms. The van der Waals surface area contributed by atoms with Gasteiger partial charge in [0, 0.05) is 47.3 Å². The lowest BCUT2D eigenvalue weighted by Gasteiger charge is -2.31. The lowest BCUT2D eigenvalue weighted by molar-refractivity contribution is 0.0407. The number of benzene rings is 1. The van der Waals surface area contributed by atoms with Crippen molar-refractivity contribution in [2.24, 2.45) is 5.73 Å². The average Bonchev–Trinajstić information content (AvgIpc) is 2.87. The summed E-state index contributed by atoms with van der Waals surface area (Å²) in [6.45, 7) is 2.85. The van der Waals surface area contributed by atoms with Crippen molar-refractivity contribution in [3.8, 4) is 0 Å². The maximum atomic E-state index is 14.2. The van der Waals surface area contributed by atoms with Crippen molar-refractivity contribution in [1.82, 2.24) is 4.90 Å². The highest BCUT2D eigenvalue weighted by Gasteiger charge is 2.22. The molecule has 3 rings (SSSR count). The van der Waals surface area contributed by atoms with Gasteiger partial charge in [0.2, 0.25) is 0 Å². The first kappa shape index (κ1) is 14.9. The van der Waals surface area contributed by atoms with Crippen LogP contribution in [0.15, 0.2) is 18.2 Å². The van der Waals surface area contributed by atoms with Crippen LogP contribution in [-0.4, -0.2) is 31.2 Å². The fraction of sp³-hybridized carbons (Fsp3) is 0.500. The minimum atomic E-state index is -0.140. The monoisotopic (exact) mass is 308 g/mol. The van der Waals surface area contributed by atoms with E-state index < -0.39 is 0 Å². The maximum absolute atomic E-state index is 14.2. The Balaban J connectivity index is 1.91. The molecule has 0 amide bonds. The summed E-state index contributed by atoms with van der Waals surface area (Å²) in [5.41, 5.74) is 6.93. The highest BCUT2D eigenvalue weighted by atomic mass is 32.1. The van der Waals surface area contributed by atoms with Gasteiger partial charge in [-0.1, -0.05) is 6.07 Å². The lowest BCUT2D eigenvalue weighted by atomic mass is 10.0. The number of hydrogen-bond acceptors (Lipinski definition) is 4. The zero-order valence-corrected chi connectivity index (χ0v) is 13.1. The van der Waals surface area contributed by atoms with Crippen molar-refractivity contribution >= 4 is 21.4 Å². The first-order chi connectivity index (χ1) is 10.2. The van der Waals surface area contributed by atoms with Crippen LogP contribution in [0, 0.1) is 5.82 Å². The molecule has 2 heterocycles. The van der Waals surface area contributed by atoms with Crippen LogP contribution >= 0.6 is 11.3 Å². The molecule has 2 aromatic rings. The fourth-order valence-corrected chi connectivity index (χ4v) is 4.16. The van der Waals surface area contributed by atoms with E-state index in [1.807, 2.05) is 6.07 Å². The van der Waals surface area contributed by atoms with Crippen LogP contribution in [0.5, 0.6) is 0 Å². The lowest BCUT2D eigenvalue weighted by Crippen LogP contribution is -2.36. The second-order valence-electron chi connectivity index (χ2n) is 5.58. The van der Waals surface area contributed by atoms with Gasteiger partial charge in [-0.15, -0.1) is 11.3 Å². The van der Waals surface area contributed by atoms with Crippen LogP contribution in [0.25, 0.3) is 10.1 Å². The number of ether oxygens (including phenoxy) is 1. The molecule has 21 heavy (non-hydrogen) atoms. The second-order valence-corrected chi connectivity index (χ2v) is 6.72. The molecule has 1 aliphatic heterocycles. The van der Waals surface area contributed by atoms with Crippen LogP contribution in [0.1, 0.15) is 23.3 Å². The van der Waals surface area contributed by atoms with E-state index in [4.69, 9.17) is 10.5 Å². The normalized spacial score (nSPS) is 17.0. The van der Waals surface area contributed by atoms with Gasteiger partial charge in [-0.2, -0.15) is 0 Å². The molecule has 0 unspecified atom stereocenters. The van der Waals surface area contributed by atoms with E-state index >= 15 is 0 Å². The van der Waals surface area contributed by atoms with Crippen LogP contribution in [0.4, 0.5) is 4.39 Å². The average molecular weight is 308 g/mol. The Morgan fingerprint density at radius 2 is 2.14 bits per heavy atom. The Labute approximate surface area is 128 Å². The minimum absolute atomic E-state index is 0.140. The van der Waals surface area contributed by atoms with Crippen LogP contribution in [0.2, 0.25) is 0 Å². The topological polar surface area (TPSA) is 38.5 Å². The number of rotatable bonds is 4. The number of hydrogen-bond donors (Lipinski definition) is 1. The maximum Gasteiger partial charge on any atom is 0.132 e. The number of fused-ring (bicyclic) bond motifs is 1. The molecule has 2 N–H and O–H groups in total. The Kier molecular flexibility index (Phi) is 4.54. The second kappa shape index (κ2) is 6.40. The zero-order chi connectivity index (χ0) is 14.8. The van der Waals surface area contributed by atoms with Gasteiger partial charge in [0.25, 0.3) is 0 Å². The quantitative estimate of drug-likeness (QED) is 0.943. The fourth-order valence-electron chi connectivity index (χ4n) is 3.05. The molecular weight excluding hydrogens is 287 g/mol. The molecule has 1 aromatic carbocycles. The molecule has 0 atom stereocenters. The summed E-state index contributed by atoms with van der Waals surface area (Å²) in [6, 6.07) is 5.78. The van der Waals surface area contributed by atoms with Gasteiger partial charge in [-0.25, -0.2) is 4.39 Å². The molecule has 0 bridgehead atoms. The highest BCUT2D eigenvalue weighted by molar-refractivity contribution is 7.19. The number of thiophene rings is 1. The van der Waals surface area contributed by atoms with Gasteiger partial charge in [-0.05, 0) is 37.6 Å². The third-order valence-corrected chi connectivity index (χ3v) is 5.47. The van der Waals surface area contributed by atoms with Crippen LogP contribution in [0.3, 0.4) is 0 Å². The number of nitrogens with two attached hydrogens (primary N) is 1. The predicted molar refractivity (Wildman–Crippen MR) is 85.0 cm³/mol. The molecule has 1 aromatic heterocycles. The predicted octanol–water partition coefficient (Wildman–Crippen LogP) is 3.11. The molecule has 1 aliphatic rings.